The molecular formula is C14H15NOS. The minimum atomic E-state index is -0.238. The van der Waals surface area contributed by atoms with Crippen LogP contribution in [0.25, 0.3) is 0 Å². The van der Waals surface area contributed by atoms with Crippen LogP contribution in [0.5, 0.6) is 5.75 Å². The smallest absolute Gasteiger partial charge is 0.161 e. The second-order valence-electron chi connectivity index (χ2n) is 4.46. The van der Waals surface area contributed by atoms with Crippen LogP contribution in [0.1, 0.15) is 26.3 Å². The quantitative estimate of drug-likeness (QED) is 0.791. The maximum atomic E-state index is 8.74. The molecule has 2 rings (SSSR count). The highest BCUT2D eigenvalue weighted by Gasteiger charge is 2.38. The van der Waals surface area contributed by atoms with E-state index in [1.807, 2.05) is 12.1 Å². The van der Waals surface area contributed by atoms with Crippen molar-refractivity contribution < 1.29 is 4.74 Å². The van der Waals surface area contributed by atoms with Crippen LogP contribution in [0.4, 0.5) is 0 Å². The Labute approximate surface area is 106 Å². The van der Waals surface area contributed by atoms with Crippen molar-refractivity contribution in [2.24, 2.45) is 5.92 Å². The Kier molecular flexibility index (Phi) is 3.17. The number of rotatable bonds is 2. The molecule has 3 heteroatoms. The fourth-order valence-electron chi connectivity index (χ4n) is 1.77. The minimum absolute atomic E-state index is 0.238. The summed E-state index contributed by atoms with van der Waals surface area (Å²) in [5.41, 5.74) is 2.01. The van der Waals surface area contributed by atoms with E-state index in [4.69, 9.17) is 10.00 Å². The summed E-state index contributed by atoms with van der Waals surface area (Å²) in [5.74, 6) is 1.21. The molecule has 1 heterocycles. The maximum Gasteiger partial charge on any atom is 0.161 e. The number of benzene rings is 1. The summed E-state index contributed by atoms with van der Waals surface area (Å²) in [6.07, 6.45) is 0. The monoisotopic (exact) mass is 245 g/mol. The standard InChI is InChI=1S/C14H15NOS/c1-10-9-17-14(3,11(10)2)16-13-6-4-12(8-15)5-7-13/h4-7,9,11H,1-3H3. The normalized spacial score (nSPS) is 27.4. The molecule has 1 aliphatic heterocycles. The zero-order chi connectivity index (χ0) is 12.5. The molecule has 0 saturated heterocycles. The molecule has 0 saturated carbocycles. The molecule has 0 amide bonds. The zero-order valence-electron chi connectivity index (χ0n) is 10.2. The van der Waals surface area contributed by atoms with Crippen LogP contribution in [-0.4, -0.2) is 4.93 Å². The van der Waals surface area contributed by atoms with Gasteiger partial charge >= 0.3 is 0 Å². The predicted molar refractivity (Wildman–Crippen MR) is 70.7 cm³/mol. The van der Waals surface area contributed by atoms with Crippen molar-refractivity contribution in [3.8, 4) is 11.8 Å². The van der Waals surface area contributed by atoms with Crippen LogP contribution < -0.4 is 4.74 Å². The van der Waals surface area contributed by atoms with E-state index in [1.54, 1.807) is 23.9 Å². The highest BCUT2D eigenvalue weighted by Crippen LogP contribution is 2.45. The lowest BCUT2D eigenvalue weighted by Gasteiger charge is -2.30. The van der Waals surface area contributed by atoms with Gasteiger partial charge in [-0.2, -0.15) is 5.26 Å². The van der Waals surface area contributed by atoms with E-state index in [9.17, 15) is 0 Å². The number of thioether (sulfide) groups is 1. The topological polar surface area (TPSA) is 33.0 Å². The first-order valence-corrected chi connectivity index (χ1v) is 6.47. The summed E-state index contributed by atoms with van der Waals surface area (Å²) in [6, 6.07) is 9.37. The molecular weight excluding hydrogens is 230 g/mol. The number of ether oxygens (including phenoxy) is 1. The second kappa shape index (κ2) is 4.46. The summed E-state index contributed by atoms with van der Waals surface area (Å²) in [6.45, 7) is 6.41. The van der Waals surface area contributed by atoms with Crippen LogP contribution in [-0.2, 0) is 0 Å². The van der Waals surface area contributed by atoms with E-state index in [1.165, 1.54) is 5.57 Å². The fraction of sp³-hybridized carbons (Fsp3) is 0.357. The Balaban J connectivity index is 2.14. The minimum Gasteiger partial charge on any atom is -0.476 e. The lowest BCUT2D eigenvalue weighted by molar-refractivity contribution is 0.147. The molecule has 0 N–H and O–H groups in total. The van der Waals surface area contributed by atoms with Gasteiger partial charge in [0.15, 0.2) is 4.93 Å². The van der Waals surface area contributed by atoms with Crippen LogP contribution in [0.3, 0.4) is 0 Å². The van der Waals surface area contributed by atoms with Gasteiger partial charge in [0, 0.05) is 5.92 Å². The molecule has 17 heavy (non-hydrogen) atoms. The van der Waals surface area contributed by atoms with Crippen molar-refractivity contribution in [3.63, 3.8) is 0 Å². The Bertz CT molecular complexity index is 486. The molecule has 0 spiro atoms. The Morgan fingerprint density at radius 1 is 1.35 bits per heavy atom. The second-order valence-corrected chi connectivity index (χ2v) is 5.74. The SMILES string of the molecule is CC1=CSC(C)(Oc2ccc(C#N)cc2)C1C. The highest BCUT2D eigenvalue weighted by molar-refractivity contribution is 8.03. The Morgan fingerprint density at radius 3 is 2.47 bits per heavy atom. The van der Waals surface area contributed by atoms with E-state index in [0.29, 0.717) is 11.5 Å². The van der Waals surface area contributed by atoms with Gasteiger partial charge in [0.05, 0.1) is 11.6 Å². The zero-order valence-corrected chi connectivity index (χ0v) is 11.0. The first-order chi connectivity index (χ1) is 8.05. The van der Waals surface area contributed by atoms with Gasteiger partial charge in [-0.1, -0.05) is 24.3 Å². The van der Waals surface area contributed by atoms with E-state index < -0.39 is 0 Å². The molecule has 1 aromatic rings. The maximum absolute atomic E-state index is 8.74. The van der Waals surface area contributed by atoms with E-state index >= 15 is 0 Å². The molecule has 0 aromatic heterocycles. The van der Waals surface area contributed by atoms with Gasteiger partial charge in [0.2, 0.25) is 0 Å². The largest absolute Gasteiger partial charge is 0.476 e. The third kappa shape index (κ3) is 2.32. The van der Waals surface area contributed by atoms with Gasteiger partial charge in [-0.25, -0.2) is 0 Å². The molecule has 1 aliphatic rings. The number of nitriles is 1. The van der Waals surface area contributed by atoms with E-state index in [2.05, 4.69) is 32.2 Å². The van der Waals surface area contributed by atoms with Gasteiger partial charge < -0.3 is 4.74 Å². The van der Waals surface area contributed by atoms with Crippen molar-refractivity contribution in [2.45, 2.75) is 25.7 Å². The van der Waals surface area contributed by atoms with Crippen molar-refractivity contribution in [1.29, 1.82) is 5.26 Å². The molecule has 0 aliphatic carbocycles. The first-order valence-electron chi connectivity index (χ1n) is 5.59. The first kappa shape index (κ1) is 12.1. The predicted octanol–water partition coefficient (Wildman–Crippen LogP) is 3.94. The fourth-order valence-corrected chi connectivity index (χ4v) is 2.93. The van der Waals surface area contributed by atoms with Gasteiger partial charge in [-0.05, 0) is 43.5 Å². The van der Waals surface area contributed by atoms with Crippen LogP contribution in [0, 0.1) is 17.2 Å². The summed E-state index contributed by atoms with van der Waals surface area (Å²) in [5, 5.41) is 10.9. The molecule has 0 fully saturated rings. The molecule has 0 bridgehead atoms. The molecule has 2 unspecified atom stereocenters. The van der Waals surface area contributed by atoms with Crippen molar-refractivity contribution in [2.75, 3.05) is 0 Å². The third-order valence-electron chi connectivity index (χ3n) is 3.25. The van der Waals surface area contributed by atoms with Crippen LogP contribution in [0.15, 0.2) is 35.2 Å². The molecule has 1 aromatic carbocycles. The summed E-state index contributed by atoms with van der Waals surface area (Å²) < 4.78 is 6.05. The van der Waals surface area contributed by atoms with Crippen molar-refractivity contribution in [1.82, 2.24) is 0 Å². The van der Waals surface area contributed by atoms with Crippen molar-refractivity contribution >= 4 is 11.8 Å². The van der Waals surface area contributed by atoms with Crippen LogP contribution >= 0.6 is 11.8 Å². The molecule has 0 radical (unpaired) electrons. The number of nitrogens with zero attached hydrogens (tertiary/aromatic N) is 1. The van der Waals surface area contributed by atoms with Gasteiger partial charge in [-0.3, -0.25) is 0 Å². The highest BCUT2D eigenvalue weighted by atomic mass is 32.2. The Morgan fingerprint density at radius 2 is 2.00 bits per heavy atom. The molecule has 2 nitrogen and oxygen atoms in total. The third-order valence-corrected chi connectivity index (χ3v) is 4.65. The molecule has 2 atom stereocenters. The van der Waals surface area contributed by atoms with E-state index in [-0.39, 0.29) is 4.93 Å². The van der Waals surface area contributed by atoms with E-state index in [0.717, 1.165) is 5.75 Å². The Hall–Kier alpha value is -1.40. The average molecular weight is 245 g/mol. The summed E-state index contributed by atoms with van der Waals surface area (Å²) in [4.78, 5) is -0.238. The van der Waals surface area contributed by atoms with Crippen LogP contribution in [0.2, 0.25) is 0 Å². The van der Waals surface area contributed by atoms with Gasteiger partial charge in [-0.15, -0.1) is 0 Å². The van der Waals surface area contributed by atoms with Gasteiger partial charge in [0.1, 0.15) is 5.75 Å². The number of hydrogen-bond donors (Lipinski definition) is 0. The van der Waals surface area contributed by atoms with Crippen molar-refractivity contribution in [3.05, 3.63) is 40.8 Å². The number of hydrogen-bond acceptors (Lipinski definition) is 3. The lowest BCUT2D eigenvalue weighted by Crippen LogP contribution is -2.33. The van der Waals surface area contributed by atoms with Gasteiger partial charge in [0.25, 0.3) is 0 Å². The average Bonchev–Trinajstić information content (AvgIpc) is 2.59. The lowest BCUT2D eigenvalue weighted by atomic mass is 9.98. The molecule has 88 valence electrons. The summed E-state index contributed by atoms with van der Waals surface area (Å²) in [7, 11) is 0. The summed E-state index contributed by atoms with van der Waals surface area (Å²) >= 11 is 1.72.